The average molecular weight is 504 g/mol. The summed E-state index contributed by atoms with van der Waals surface area (Å²) in [7, 11) is 1.58. The molecular weight excluding hydrogens is 477 g/mol. The molecule has 3 heterocycles. The predicted octanol–water partition coefficient (Wildman–Crippen LogP) is 4.23. The molecule has 0 unspecified atom stereocenters. The fourth-order valence-electron chi connectivity index (χ4n) is 3.67. The smallest absolute Gasteiger partial charge is 0.410 e. The summed E-state index contributed by atoms with van der Waals surface area (Å²) < 4.78 is 26.6. The third kappa shape index (κ3) is 5.32. The van der Waals surface area contributed by atoms with Crippen LogP contribution < -0.4 is 4.74 Å². The Bertz CT molecular complexity index is 1300. The summed E-state index contributed by atoms with van der Waals surface area (Å²) in [5.41, 5.74) is 2.51. The molecule has 0 spiro atoms. The molecule has 0 N–H and O–H groups in total. The van der Waals surface area contributed by atoms with Crippen LogP contribution in [0.3, 0.4) is 0 Å². The second-order valence-electron chi connectivity index (χ2n) is 9.42. The van der Waals surface area contributed by atoms with Crippen molar-refractivity contribution >= 4 is 29.2 Å². The molecule has 4 rings (SSSR count). The van der Waals surface area contributed by atoms with E-state index in [1.165, 1.54) is 23.1 Å². The molecule has 0 fully saturated rings. The van der Waals surface area contributed by atoms with Crippen molar-refractivity contribution in [2.45, 2.75) is 46.4 Å². The van der Waals surface area contributed by atoms with Crippen LogP contribution in [-0.2, 0) is 17.8 Å². The fourth-order valence-corrected chi connectivity index (χ4v) is 3.81. The first kappa shape index (κ1) is 24.7. The number of amides is 2. The Hall–Kier alpha value is -3.40. The van der Waals surface area contributed by atoms with Crippen LogP contribution in [0.25, 0.3) is 5.65 Å². The van der Waals surface area contributed by atoms with Crippen LogP contribution in [0.2, 0.25) is 5.02 Å². The molecule has 2 aromatic heterocycles. The number of ether oxygens (including phenoxy) is 2. The van der Waals surface area contributed by atoms with Crippen molar-refractivity contribution < 1.29 is 23.5 Å². The van der Waals surface area contributed by atoms with E-state index in [1.54, 1.807) is 43.4 Å². The molecule has 3 aromatic rings. The standard InChI is InChI=1S/C24H27ClFN5O4/c1-14-18(25)12-31-21(27-14)17-11-30(13-19(17)28-31)22(32)16-7-6-15(26)10-20(16)34-9-8-29(5)23(33)35-24(2,3)4/h6-7,10,12H,8-9,11,13H2,1-5H3. The van der Waals surface area contributed by atoms with E-state index in [-0.39, 0.29) is 36.9 Å². The predicted molar refractivity (Wildman–Crippen MR) is 127 cm³/mol. The number of halogens is 2. The topological polar surface area (TPSA) is 89.3 Å². The minimum atomic E-state index is -0.621. The minimum absolute atomic E-state index is 0.0531. The van der Waals surface area contributed by atoms with Gasteiger partial charge in [0.2, 0.25) is 0 Å². The van der Waals surface area contributed by atoms with E-state index in [0.29, 0.717) is 22.9 Å². The van der Waals surface area contributed by atoms with E-state index < -0.39 is 17.5 Å². The Morgan fingerprint density at radius 1 is 1.26 bits per heavy atom. The number of hydrogen-bond donors (Lipinski definition) is 0. The highest BCUT2D eigenvalue weighted by molar-refractivity contribution is 6.31. The number of fused-ring (bicyclic) bond motifs is 3. The average Bonchev–Trinajstić information content (AvgIpc) is 3.31. The van der Waals surface area contributed by atoms with Gasteiger partial charge in [0.1, 0.15) is 23.8 Å². The van der Waals surface area contributed by atoms with Gasteiger partial charge in [-0.3, -0.25) is 4.79 Å². The van der Waals surface area contributed by atoms with Gasteiger partial charge in [-0.15, -0.1) is 0 Å². The van der Waals surface area contributed by atoms with Crippen LogP contribution in [0.1, 0.15) is 48.1 Å². The van der Waals surface area contributed by atoms with E-state index in [9.17, 15) is 14.0 Å². The molecule has 11 heteroatoms. The molecule has 1 aliphatic heterocycles. The zero-order chi connectivity index (χ0) is 25.5. The van der Waals surface area contributed by atoms with Gasteiger partial charge in [0, 0.05) is 18.7 Å². The number of carbonyl (C=O) groups is 2. The SMILES string of the molecule is Cc1nc2c3c(nn2cc1Cl)CN(C(=O)c1ccc(F)cc1OCCN(C)C(=O)OC(C)(C)C)C3. The van der Waals surface area contributed by atoms with Crippen molar-refractivity contribution in [2.24, 2.45) is 0 Å². The van der Waals surface area contributed by atoms with Crippen molar-refractivity contribution in [2.75, 3.05) is 20.2 Å². The van der Waals surface area contributed by atoms with Gasteiger partial charge in [0.05, 0.1) is 47.8 Å². The maximum absolute atomic E-state index is 14.0. The first-order chi connectivity index (χ1) is 16.4. The quantitative estimate of drug-likeness (QED) is 0.517. The van der Waals surface area contributed by atoms with Crippen LogP contribution in [0.15, 0.2) is 24.4 Å². The van der Waals surface area contributed by atoms with E-state index in [2.05, 4.69) is 10.1 Å². The molecule has 0 atom stereocenters. The van der Waals surface area contributed by atoms with Crippen LogP contribution in [0.5, 0.6) is 5.75 Å². The number of carbonyl (C=O) groups excluding carboxylic acids is 2. The molecule has 186 valence electrons. The number of likely N-dealkylation sites (N-methyl/N-ethyl adjacent to an activating group) is 1. The molecule has 35 heavy (non-hydrogen) atoms. The van der Waals surface area contributed by atoms with E-state index in [1.807, 2.05) is 6.92 Å². The van der Waals surface area contributed by atoms with Crippen LogP contribution in [0, 0.1) is 12.7 Å². The normalized spacial score (nSPS) is 13.2. The Morgan fingerprint density at radius 3 is 2.71 bits per heavy atom. The van der Waals surface area contributed by atoms with Crippen molar-refractivity contribution in [1.82, 2.24) is 24.4 Å². The van der Waals surface area contributed by atoms with Gasteiger partial charge in [-0.2, -0.15) is 5.10 Å². The monoisotopic (exact) mass is 503 g/mol. The highest BCUT2D eigenvalue weighted by atomic mass is 35.5. The lowest BCUT2D eigenvalue weighted by molar-refractivity contribution is 0.0277. The summed E-state index contributed by atoms with van der Waals surface area (Å²) in [6, 6.07) is 3.78. The Balaban J connectivity index is 1.46. The number of aryl methyl sites for hydroxylation is 1. The third-order valence-corrected chi connectivity index (χ3v) is 5.83. The summed E-state index contributed by atoms with van der Waals surface area (Å²) in [4.78, 5) is 32.9. The summed E-state index contributed by atoms with van der Waals surface area (Å²) in [5, 5.41) is 5.02. The lowest BCUT2D eigenvalue weighted by Crippen LogP contribution is -2.36. The number of hydrogen-bond acceptors (Lipinski definition) is 6. The largest absolute Gasteiger partial charge is 0.491 e. The van der Waals surface area contributed by atoms with Crippen LogP contribution >= 0.6 is 11.6 Å². The maximum Gasteiger partial charge on any atom is 0.410 e. The van der Waals surface area contributed by atoms with Gasteiger partial charge in [0.15, 0.2) is 5.65 Å². The summed E-state index contributed by atoms with van der Waals surface area (Å²) >= 11 is 6.15. The van der Waals surface area contributed by atoms with Gasteiger partial charge in [-0.25, -0.2) is 18.7 Å². The molecule has 1 aromatic carbocycles. The number of benzene rings is 1. The molecule has 2 amide bonds. The van der Waals surface area contributed by atoms with Crippen molar-refractivity contribution in [3.63, 3.8) is 0 Å². The van der Waals surface area contributed by atoms with Gasteiger partial charge in [-0.05, 0) is 39.8 Å². The van der Waals surface area contributed by atoms with E-state index in [0.717, 1.165) is 11.3 Å². The first-order valence-electron chi connectivity index (χ1n) is 11.1. The Morgan fingerprint density at radius 2 is 2.00 bits per heavy atom. The van der Waals surface area contributed by atoms with Gasteiger partial charge in [-0.1, -0.05) is 11.6 Å². The maximum atomic E-state index is 14.0. The molecule has 1 aliphatic rings. The fraction of sp³-hybridized carbons (Fsp3) is 0.417. The van der Waals surface area contributed by atoms with Crippen molar-refractivity contribution in [3.8, 4) is 5.75 Å². The molecule has 9 nitrogen and oxygen atoms in total. The summed E-state index contributed by atoms with van der Waals surface area (Å²) in [6.07, 6.45) is 1.20. The molecule has 0 saturated heterocycles. The first-order valence-corrected chi connectivity index (χ1v) is 11.5. The van der Waals surface area contributed by atoms with Gasteiger partial charge in [0.25, 0.3) is 5.91 Å². The van der Waals surface area contributed by atoms with Gasteiger partial charge < -0.3 is 19.3 Å². The Kier molecular flexibility index (Phi) is 6.59. The highest BCUT2D eigenvalue weighted by Gasteiger charge is 2.31. The van der Waals surface area contributed by atoms with Crippen molar-refractivity contribution in [3.05, 3.63) is 57.8 Å². The summed E-state index contributed by atoms with van der Waals surface area (Å²) in [5.74, 6) is -0.745. The van der Waals surface area contributed by atoms with Gasteiger partial charge >= 0.3 is 6.09 Å². The zero-order valence-corrected chi connectivity index (χ0v) is 21.0. The second-order valence-corrected chi connectivity index (χ2v) is 9.83. The second kappa shape index (κ2) is 9.33. The molecule has 0 aliphatic carbocycles. The van der Waals surface area contributed by atoms with E-state index >= 15 is 0 Å². The molecular formula is C24H27ClFN5O4. The van der Waals surface area contributed by atoms with Crippen molar-refractivity contribution in [1.29, 1.82) is 0 Å². The highest BCUT2D eigenvalue weighted by Crippen LogP contribution is 2.30. The lowest BCUT2D eigenvalue weighted by atomic mass is 10.1. The lowest BCUT2D eigenvalue weighted by Gasteiger charge is -2.24. The molecule has 0 saturated carbocycles. The molecule has 0 radical (unpaired) electrons. The number of rotatable bonds is 5. The number of aromatic nitrogens is 3. The van der Waals surface area contributed by atoms with Crippen LogP contribution in [-0.4, -0.2) is 62.2 Å². The number of nitrogens with zero attached hydrogens (tertiary/aromatic N) is 5. The minimum Gasteiger partial charge on any atom is -0.491 e. The zero-order valence-electron chi connectivity index (χ0n) is 20.3. The third-order valence-electron chi connectivity index (χ3n) is 5.46. The summed E-state index contributed by atoms with van der Waals surface area (Å²) in [6.45, 7) is 7.98. The Labute approximate surface area is 207 Å². The molecule has 0 bridgehead atoms. The van der Waals surface area contributed by atoms with Crippen LogP contribution in [0.4, 0.5) is 9.18 Å². The van der Waals surface area contributed by atoms with E-state index in [4.69, 9.17) is 21.1 Å².